The van der Waals surface area contributed by atoms with Gasteiger partial charge in [-0.25, -0.2) is 0 Å². The van der Waals surface area contributed by atoms with Gasteiger partial charge >= 0.3 is 0 Å². The van der Waals surface area contributed by atoms with E-state index in [1.807, 2.05) is 44.2 Å². The van der Waals surface area contributed by atoms with Crippen LogP contribution in [-0.2, 0) is 22.4 Å². The van der Waals surface area contributed by atoms with E-state index in [0.29, 0.717) is 36.9 Å². The van der Waals surface area contributed by atoms with E-state index in [-0.39, 0.29) is 11.9 Å². The molecule has 6 nitrogen and oxygen atoms in total. The van der Waals surface area contributed by atoms with E-state index in [1.165, 1.54) is 41.5 Å². The lowest BCUT2D eigenvalue weighted by Crippen LogP contribution is -2.43. The van der Waals surface area contributed by atoms with Gasteiger partial charge in [-0.05, 0) is 100 Å². The van der Waals surface area contributed by atoms with Crippen LogP contribution in [-0.4, -0.2) is 44.1 Å². The molecule has 0 saturated carbocycles. The van der Waals surface area contributed by atoms with Crippen LogP contribution < -0.4 is 20.7 Å². The number of ether oxygens (including phenoxy) is 1. The maximum atomic E-state index is 11.5. The first-order chi connectivity index (χ1) is 26.2. The maximum absolute atomic E-state index is 11.5. The van der Waals surface area contributed by atoms with Crippen molar-refractivity contribution >= 4 is 12.3 Å². The Hall–Kier alpha value is -3.38. The first-order valence-corrected chi connectivity index (χ1v) is 21.5. The molecule has 0 heterocycles. The Balaban J connectivity index is -0.000000662. The molecule has 0 aliphatic rings. The van der Waals surface area contributed by atoms with Crippen LogP contribution in [0.5, 0.6) is 5.75 Å². The lowest BCUT2D eigenvalue weighted by molar-refractivity contribution is -0.121. The van der Waals surface area contributed by atoms with Crippen molar-refractivity contribution in [3.8, 4) is 5.75 Å². The summed E-state index contributed by atoms with van der Waals surface area (Å²) in [6.45, 7) is 34.0. The van der Waals surface area contributed by atoms with Crippen molar-refractivity contribution in [3.05, 3.63) is 89.0 Å². The first-order valence-electron chi connectivity index (χ1n) is 21.5. The van der Waals surface area contributed by atoms with Crippen LogP contribution >= 0.6 is 0 Å². The summed E-state index contributed by atoms with van der Waals surface area (Å²) in [5.41, 5.74) is 5.51. The number of aryl methyl sites for hydroxylation is 4. The molecule has 0 aliphatic heterocycles. The van der Waals surface area contributed by atoms with Crippen LogP contribution in [0.3, 0.4) is 0 Å². The average Bonchev–Trinajstić information content (AvgIpc) is 3.15. The van der Waals surface area contributed by atoms with Gasteiger partial charge in [0, 0.05) is 18.6 Å². The fourth-order valence-corrected chi connectivity index (χ4v) is 4.94. The Labute approximate surface area is 341 Å². The van der Waals surface area contributed by atoms with E-state index in [2.05, 4.69) is 142 Å². The minimum Gasteiger partial charge on any atom is -0.493 e. The number of hydrogen-bond donors (Lipinski definition) is 3. The summed E-state index contributed by atoms with van der Waals surface area (Å²) in [5.74, 6) is 2.90. The van der Waals surface area contributed by atoms with Crippen LogP contribution in [0.2, 0.25) is 0 Å². The Bertz CT molecular complexity index is 1240. The summed E-state index contributed by atoms with van der Waals surface area (Å²) in [7, 11) is 0. The Kier molecular flexibility index (Phi) is 39.6. The van der Waals surface area contributed by atoms with E-state index in [1.54, 1.807) is 0 Å². The highest BCUT2D eigenvalue weighted by atomic mass is 16.5. The molecule has 0 bridgehead atoms. The molecule has 2 rings (SSSR count). The predicted octanol–water partition coefficient (Wildman–Crippen LogP) is 12.2. The molecule has 0 radical (unpaired) electrons. The van der Waals surface area contributed by atoms with Crippen molar-refractivity contribution in [3.63, 3.8) is 0 Å². The summed E-state index contributed by atoms with van der Waals surface area (Å²) >= 11 is 0. The summed E-state index contributed by atoms with van der Waals surface area (Å²) in [4.78, 5) is 21.6. The summed E-state index contributed by atoms with van der Waals surface area (Å²) in [6.07, 6.45) is 17.8. The van der Waals surface area contributed by atoms with Gasteiger partial charge in [-0.15, -0.1) is 0 Å². The number of para-hydroxylation sites is 1. The molecule has 316 valence electrons. The molecule has 0 aliphatic carbocycles. The quantitative estimate of drug-likeness (QED) is 0.0712. The minimum absolute atomic E-state index is 0.100. The molecular weight excluding hydrogens is 679 g/mol. The number of benzene rings is 2. The van der Waals surface area contributed by atoms with Crippen molar-refractivity contribution in [2.24, 2.45) is 17.8 Å². The van der Waals surface area contributed by atoms with Gasteiger partial charge in [0.2, 0.25) is 12.3 Å². The fourth-order valence-electron chi connectivity index (χ4n) is 4.94. The lowest BCUT2D eigenvalue weighted by atomic mass is 10.0. The van der Waals surface area contributed by atoms with Gasteiger partial charge in [0.05, 0.1) is 13.2 Å². The van der Waals surface area contributed by atoms with Gasteiger partial charge in [-0.1, -0.05) is 162 Å². The molecule has 2 aromatic carbocycles. The smallest absolute Gasteiger partial charge is 0.234 e. The summed E-state index contributed by atoms with van der Waals surface area (Å²) in [6, 6.07) is 15.5. The van der Waals surface area contributed by atoms with Crippen molar-refractivity contribution in [1.29, 1.82) is 0 Å². The minimum atomic E-state index is 0.100. The SMILES string of the molecule is C/C=C\C=C/C(C)C.CCC.CCC(C)NC(=O)CNC(CC)C(C)C.CCCc1ccc(C)cc1C.CC[C@@H](C)COc1ccccc1CCCNC=O. The van der Waals surface area contributed by atoms with Crippen LogP contribution in [0, 0.1) is 31.6 Å². The highest BCUT2D eigenvalue weighted by Crippen LogP contribution is 2.20. The molecule has 0 fully saturated rings. The third-order valence-corrected chi connectivity index (χ3v) is 8.65. The zero-order chi connectivity index (χ0) is 42.4. The van der Waals surface area contributed by atoms with E-state index < -0.39 is 0 Å². The topological polar surface area (TPSA) is 79.5 Å². The zero-order valence-corrected chi connectivity index (χ0v) is 38.3. The fraction of sp³-hybridized carbons (Fsp3) is 0.633. The van der Waals surface area contributed by atoms with E-state index in [0.717, 1.165) is 50.9 Å². The number of carbonyl (C=O) groups excluding carboxylic acids is 2. The van der Waals surface area contributed by atoms with Crippen LogP contribution in [0.1, 0.15) is 151 Å². The second-order valence-corrected chi connectivity index (χ2v) is 15.2. The Morgan fingerprint density at radius 1 is 0.818 bits per heavy atom. The molecule has 0 aromatic heterocycles. The van der Waals surface area contributed by atoms with Gasteiger partial charge < -0.3 is 20.7 Å². The molecule has 6 heteroatoms. The molecule has 2 unspecified atom stereocenters. The van der Waals surface area contributed by atoms with E-state index in [4.69, 9.17) is 4.74 Å². The number of rotatable bonds is 20. The standard InChI is InChI=1S/C15H23NO2.C12H26N2O.C11H16.C8H14.C3H8/c1-3-13(2)11-18-15-9-5-4-7-14(15)8-6-10-16-12-17;1-6-10(5)14-12(15)8-13-11(7-2)9(3)4;1-4-5-11-7-6-9(2)8-10(11)3;1-4-5-6-7-8(2)3;1-3-2/h4-5,7,9,12-13H,3,6,8,10-11H2,1-2H3,(H,16,17);9-11,13H,6-8H2,1-5H3,(H,14,15);6-8H,4-5H2,1-3H3;4-8H,1-3H3;3H2,1-2H3/b;;;5-4-,7-6-;/t13-;;;;/m1..../s1. The predicted molar refractivity (Wildman–Crippen MR) is 243 cm³/mol. The number of hydrogen-bond acceptors (Lipinski definition) is 4. The Morgan fingerprint density at radius 2 is 1.47 bits per heavy atom. The number of allylic oxidation sites excluding steroid dienone is 4. The molecule has 3 atom stereocenters. The summed E-state index contributed by atoms with van der Waals surface area (Å²) in [5, 5.41) is 8.91. The third kappa shape index (κ3) is 34.8. The van der Waals surface area contributed by atoms with Gasteiger partial charge in [-0.3, -0.25) is 9.59 Å². The average molecular weight is 766 g/mol. The van der Waals surface area contributed by atoms with Gasteiger partial charge in [-0.2, -0.15) is 0 Å². The van der Waals surface area contributed by atoms with Crippen LogP contribution in [0.4, 0.5) is 0 Å². The monoisotopic (exact) mass is 766 g/mol. The molecule has 3 N–H and O–H groups in total. The maximum Gasteiger partial charge on any atom is 0.234 e. The van der Waals surface area contributed by atoms with Crippen molar-refractivity contribution in [2.75, 3.05) is 19.7 Å². The number of carbonyl (C=O) groups is 2. The second kappa shape index (κ2) is 38.9. The Morgan fingerprint density at radius 3 is 1.98 bits per heavy atom. The van der Waals surface area contributed by atoms with Crippen molar-refractivity contribution in [2.45, 2.75) is 167 Å². The van der Waals surface area contributed by atoms with Crippen LogP contribution in [0.25, 0.3) is 0 Å². The molecule has 55 heavy (non-hydrogen) atoms. The van der Waals surface area contributed by atoms with E-state index in [9.17, 15) is 9.59 Å². The highest BCUT2D eigenvalue weighted by molar-refractivity contribution is 5.78. The van der Waals surface area contributed by atoms with Gasteiger partial charge in [0.1, 0.15) is 5.75 Å². The van der Waals surface area contributed by atoms with Crippen molar-refractivity contribution < 1.29 is 14.3 Å². The highest BCUT2D eigenvalue weighted by Gasteiger charge is 2.12. The largest absolute Gasteiger partial charge is 0.493 e. The lowest BCUT2D eigenvalue weighted by Gasteiger charge is -2.21. The molecule has 0 spiro atoms. The molecular formula is C49H87N3O3. The van der Waals surface area contributed by atoms with E-state index >= 15 is 0 Å². The number of amides is 2. The van der Waals surface area contributed by atoms with Crippen molar-refractivity contribution in [1.82, 2.24) is 16.0 Å². The van der Waals surface area contributed by atoms with Gasteiger partial charge in [0.25, 0.3) is 0 Å². The van der Waals surface area contributed by atoms with Gasteiger partial charge in [0.15, 0.2) is 0 Å². The number of nitrogens with one attached hydrogen (secondary N) is 3. The third-order valence-electron chi connectivity index (χ3n) is 8.65. The molecule has 0 saturated heterocycles. The zero-order valence-electron chi connectivity index (χ0n) is 38.3. The molecule has 2 amide bonds. The normalized spacial score (nSPS) is 12.2. The van der Waals surface area contributed by atoms with Crippen LogP contribution in [0.15, 0.2) is 66.8 Å². The first kappa shape index (κ1) is 56.0. The summed E-state index contributed by atoms with van der Waals surface area (Å²) < 4.78 is 5.86. The second-order valence-electron chi connectivity index (χ2n) is 15.2. The molecule has 2 aromatic rings.